The van der Waals surface area contributed by atoms with Crippen LogP contribution in [0.25, 0.3) is 0 Å². The maximum atomic E-state index is 12.6. The molecule has 2 aliphatic rings. The van der Waals surface area contributed by atoms with Gasteiger partial charge in [-0.3, -0.25) is 0 Å². The van der Waals surface area contributed by atoms with Gasteiger partial charge in [-0.05, 0) is 0 Å². The third-order valence-corrected chi connectivity index (χ3v) is 8.72. The number of fused-ring (bicyclic) bond motifs is 2. The summed E-state index contributed by atoms with van der Waals surface area (Å²) >= 11 is 0.0988. The molecule has 0 spiro atoms. The van der Waals surface area contributed by atoms with E-state index in [1.807, 2.05) is 0 Å². The number of alkyl halides is 3. The first kappa shape index (κ1) is 16.4. The van der Waals surface area contributed by atoms with Gasteiger partial charge in [0.05, 0.1) is 0 Å². The van der Waals surface area contributed by atoms with E-state index in [-0.39, 0.29) is 31.9 Å². The fourth-order valence-electron chi connectivity index (χ4n) is 4.33. The molecule has 1 aromatic rings. The summed E-state index contributed by atoms with van der Waals surface area (Å²) in [6, 6.07) is 5.53. The third kappa shape index (κ3) is 2.42. The molecule has 1 nitrogen and oxygen atoms in total. The van der Waals surface area contributed by atoms with E-state index < -0.39 is 11.7 Å². The zero-order valence-electron chi connectivity index (χ0n) is 12.8. The van der Waals surface area contributed by atoms with Crippen molar-refractivity contribution in [2.24, 2.45) is 16.7 Å². The van der Waals surface area contributed by atoms with E-state index in [0.717, 1.165) is 22.6 Å². The number of hydrogen-bond donors (Lipinski definition) is 1. The summed E-state index contributed by atoms with van der Waals surface area (Å²) in [5, 5.41) is 11.4. The van der Waals surface area contributed by atoms with Crippen LogP contribution in [-0.2, 0) is 6.18 Å². The normalized spacial score (nSPS) is 33.4. The molecule has 3 rings (SSSR count). The van der Waals surface area contributed by atoms with Crippen LogP contribution in [0.4, 0.5) is 13.2 Å². The predicted octanol–water partition coefficient (Wildman–Crippen LogP) is 3.64. The molecule has 0 aromatic heterocycles. The van der Waals surface area contributed by atoms with Gasteiger partial charge in [0, 0.05) is 0 Å². The van der Waals surface area contributed by atoms with Crippen molar-refractivity contribution in [3.63, 3.8) is 0 Å². The van der Waals surface area contributed by atoms with Gasteiger partial charge in [-0.1, -0.05) is 0 Å². The topological polar surface area (TPSA) is 20.2 Å². The Bertz CT molecular complexity index is 552. The van der Waals surface area contributed by atoms with E-state index in [2.05, 4.69) is 13.8 Å². The molecule has 0 saturated heterocycles. The van der Waals surface area contributed by atoms with Crippen molar-refractivity contribution in [3.05, 3.63) is 29.8 Å². The van der Waals surface area contributed by atoms with Gasteiger partial charge in [-0.2, -0.15) is 0 Å². The Balaban J connectivity index is 1.73. The molecule has 2 aliphatic carbocycles. The Hall–Kier alpha value is -0.511. The Labute approximate surface area is 135 Å². The van der Waals surface area contributed by atoms with Crippen molar-refractivity contribution in [2.75, 3.05) is 0 Å². The summed E-state index contributed by atoms with van der Waals surface area (Å²) in [5.41, 5.74) is -0.493. The van der Waals surface area contributed by atoms with E-state index in [4.69, 9.17) is 0 Å². The molecule has 5 heteroatoms. The summed E-state index contributed by atoms with van der Waals surface area (Å²) in [5.74, 6) is 0.589. The predicted molar refractivity (Wildman–Crippen MR) is 81.2 cm³/mol. The second kappa shape index (κ2) is 5.25. The molecule has 122 valence electrons. The number of aliphatic hydroxyl groups is 1. The first-order chi connectivity index (χ1) is 10.2. The first-order valence-corrected chi connectivity index (χ1v) is 9.72. The van der Waals surface area contributed by atoms with Crippen molar-refractivity contribution < 1.29 is 18.3 Å². The maximum absolute atomic E-state index is 12.6. The van der Waals surface area contributed by atoms with Crippen LogP contribution in [0.2, 0.25) is 5.32 Å². The van der Waals surface area contributed by atoms with Crippen LogP contribution in [0, 0.1) is 16.7 Å². The number of aliphatic hydroxyl groups excluding tert-OH is 1. The Morgan fingerprint density at radius 3 is 2.32 bits per heavy atom. The second-order valence-corrected chi connectivity index (χ2v) is 9.38. The van der Waals surface area contributed by atoms with Gasteiger partial charge in [0.25, 0.3) is 0 Å². The summed E-state index contributed by atoms with van der Waals surface area (Å²) in [7, 11) is 0. The standard InChI is InChI=1S/C17H21F3OSe/c1-15(2)12-7-8-16(15,14(21)9-12)10-22-13-5-3-11(4-6-13)17(18,19)20/h3-6,12,14,21H,7-10H2,1-2H3. The van der Waals surface area contributed by atoms with Gasteiger partial charge in [-0.15, -0.1) is 0 Å². The number of benzene rings is 1. The molecule has 3 unspecified atom stereocenters. The van der Waals surface area contributed by atoms with Crippen LogP contribution >= 0.6 is 0 Å². The molecule has 1 N–H and O–H groups in total. The van der Waals surface area contributed by atoms with Crippen LogP contribution in [-0.4, -0.2) is 26.2 Å². The Morgan fingerprint density at radius 1 is 1.23 bits per heavy atom. The number of halogens is 3. The minimum absolute atomic E-state index is 0.0413. The SMILES string of the molecule is CC1(C)C2CCC1(C[Se]c1ccc(C(F)(F)F)cc1)C(O)C2. The summed E-state index contributed by atoms with van der Waals surface area (Å²) in [6.45, 7) is 4.51. The van der Waals surface area contributed by atoms with E-state index in [0.29, 0.717) is 5.92 Å². The quantitative estimate of drug-likeness (QED) is 0.798. The van der Waals surface area contributed by atoms with E-state index in [1.165, 1.54) is 18.6 Å². The number of rotatable bonds is 3. The van der Waals surface area contributed by atoms with E-state index in [9.17, 15) is 18.3 Å². The molecular weight excluding hydrogens is 356 g/mol. The molecule has 0 heterocycles. The van der Waals surface area contributed by atoms with Gasteiger partial charge in [0.15, 0.2) is 0 Å². The molecule has 2 bridgehead atoms. The van der Waals surface area contributed by atoms with Crippen LogP contribution in [0.5, 0.6) is 0 Å². The van der Waals surface area contributed by atoms with E-state index >= 15 is 0 Å². The molecule has 2 fully saturated rings. The molecule has 0 radical (unpaired) electrons. The van der Waals surface area contributed by atoms with Gasteiger partial charge in [-0.25, -0.2) is 0 Å². The Morgan fingerprint density at radius 2 is 1.86 bits per heavy atom. The van der Waals surface area contributed by atoms with Crippen LogP contribution in [0.3, 0.4) is 0 Å². The zero-order chi connectivity index (χ0) is 16.2. The molecule has 2 saturated carbocycles. The van der Waals surface area contributed by atoms with Crippen LogP contribution in [0.15, 0.2) is 24.3 Å². The molecule has 1 aromatic carbocycles. The van der Waals surface area contributed by atoms with Crippen LogP contribution < -0.4 is 4.46 Å². The fraction of sp³-hybridized carbons (Fsp3) is 0.647. The van der Waals surface area contributed by atoms with Gasteiger partial charge in [0.1, 0.15) is 0 Å². The van der Waals surface area contributed by atoms with Crippen LogP contribution in [0.1, 0.15) is 38.7 Å². The third-order valence-electron chi connectivity index (χ3n) is 6.07. The molecule has 0 amide bonds. The average molecular weight is 377 g/mol. The summed E-state index contributed by atoms with van der Waals surface area (Å²) in [6.07, 6.45) is -1.41. The van der Waals surface area contributed by atoms with Crippen molar-refractivity contribution in [3.8, 4) is 0 Å². The average Bonchev–Trinajstić information content (AvgIpc) is 2.79. The zero-order valence-corrected chi connectivity index (χ0v) is 14.5. The monoisotopic (exact) mass is 378 g/mol. The van der Waals surface area contributed by atoms with Crippen molar-refractivity contribution >= 4 is 19.4 Å². The first-order valence-electron chi connectivity index (χ1n) is 7.65. The van der Waals surface area contributed by atoms with Gasteiger partial charge >= 0.3 is 135 Å². The van der Waals surface area contributed by atoms with Crippen molar-refractivity contribution in [2.45, 2.75) is 50.7 Å². The summed E-state index contributed by atoms with van der Waals surface area (Å²) in [4.78, 5) is 0. The summed E-state index contributed by atoms with van der Waals surface area (Å²) < 4.78 is 38.8. The molecule has 3 atom stereocenters. The second-order valence-electron chi connectivity index (χ2n) is 7.18. The van der Waals surface area contributed by atoms with Crippen molar-refractivity contribution in [1.29, 1.82) is 0 Å². The van der Waals surface area contributed by atoms with Crippen molar-refractivity contribution in [1.82, 2.24) is 0 Å². The minimum atomic E-state index is -4.27. The molecular formula is C17H21F3OSe. The molecule has 0 aliphatic heterocycles. The molecule has 22 heavy (non-hydrogen) atoms. The van der Waals surface area contributed by atoms with E-state index in [1.54, 1.807) is 12.1 Å². The Kier molecular flexibility index (Phi) is 3.90. The van der Waals surface area contributed by atoms with Gasteiger partial charge in [0.2, 0.25) is 0 Å². The number of hydrogen-bond acceptors (Lipinski definition) is 1. The van der Waals surface area contributed by atoms with Gasteiger partial charge < -0.3 is 0 Å². The fourth-order valence-corrected chi connectivity index (χ4v) is 7.40.